The Bertz CT molecular complexity index is 527. The van der Waals surface area contributed by atoms with Gasteiger partial charge in [0.2, 0.25) is 0 Å². The third kappa shape index (κ3) is 9.85. The predicted molar refractivity (Wildman–Crippen MR) is 90.5 cm³/mol. The molecule has 1 aromatic carbocycles. The first-order chi connectivity index (χ1) is 10.8. The van der Waals surface area contributed by atoms with Crippen LogP contribution in [0.2, 0.25) is 19.6 Å². The minimum absolute atomic E-state index is 0.0179. The van der Waals surface area contributed by atoms with Gasteiger partial charge in [-0.1, -0.05) is 18.2 Å². The maximum absolute atomic E-state index is 11.8. The number of benzene rings is 1. The Morgan fingerprint density at radius 1 is 0.826 bits per heavy atom. The molecule has 1 rings (SSSR count). The van der Waals surface area contributed by atoms with Crippen molar-refractivity contribution >= 4 is 18.4 Å². The molecule has 0 aliphatic heterocycles. The Hall–Kier alpha value is -0.773. The van der Waals surface area contributed by atoms with E-state index in [9.17, 15) is 8.42 Å². The van der Waals surface area contributed by atoms with Gasteiger partial charge < -0.3 is 13.9 Å². The Morgan fingerprint density at radius 2 is 1.35 bits per heavy atom. The minimum atomic E-state index is -3.70. The van der Waals surface area contributed by atoms with Crippen molar-refractivity contribution in [1.82, 2.24) is 0 Å². The monoisotopic (exact) mass is 362 g/mol. The molecular weight excluding hydrogens is 336 g/mol. The first-order valence-corrected chi connectivity index (χ1v) is 12.4. The summed E-state index contributed by atoms with van der Waals surface area (Å²) in [6.07, 6.45) is 0. The van der Waals surface area contributed by atoms with Crippen LogP contribution in [0.25, 0.3) is 0 Å². The van der Waals surface area contributed by atoms with Crippen LogP contribution >= 0.6 is 0 Å². The standard InChI is InChI=1S/C15H26O6SSi/c1-23(2,3)21-14-12-19-10-9-18-11-13-20-22(16,17)15-7-5-4-6-8-15/h4-8H,9-14H2,1-3H3. The lowest BCUT2D eigenvalue weighted by atomic mass is 10.4. The van der Waals surface area contributed by atoms with E-state index in [1.54, 1.807) is 18.2 Å². The molecule has 0 fully saturated rings. The van der Waals surface area contributed by atoms with Crippen molar-refractivity contribution in [3.05, 3.63) is 30.3 Å². The third-order valence-corrected chi connectivity index (χ3v) is 5.03. The highest BCUT2D eigenvalue weighted by atomic mass is 32.2. The summed E-state index contributed by atoms with van der Waals surface area (Å²) < 4.78 is 44.8. The van der Waals surface area contributed by atoms with E-state index in [1.165, 1.54) is 12.1 Å². The minimum Gasteiger partial charge on any atom is -0.415 e. The molecule has 0 aliphatic carbocycles. The molecule has 23 heavy (non-hydrogen) atoms. The predicted octanol–water partition coefficient (Wildman–Crippen LogP) is 2.28. The van der Waals surface area contributed by atoms with Gasteiger partial charge in [-0.25, -0.2) is 0 Å². The fourth-order valence-corrected chi connectivity index (χ4v) is 3.20. The molecule has 8 heteroatoms. The maximum atomic E-state index is 11.8. The van der Waals surface area contributed by atoms with E-state index in [4.69, 9.17) is 18.1 Å². The Balaban J connectivity index is 2.02. The van der Waals surface area contributed by atoms with Gasteiger partial charge in [0, 0.05) is 0 Å². The van der Waals surface area contributed by atoms with Crippen molar-refractivity contribution in [3.63, 3.8) is 0 Å². The van der Waals surface area contributed by atoms with Gasteiger partial charge in [0.15, 0.2) is 8.32 Å². The Morgan fingerprint density at radius 3 is 1.91 bits per heavy atom. The highest BCUT2D eigenvalue weighted by Gasteiger charge is 2.14. The van der Waals surface area contributed by atoms with Crippen LogP contribution in [0.4, 0.5) is 0 Å². The number of hydrogen-bond donors (Lipinski definition) is 0. The van der Waals surface area contributed by atoms with Gasteiger partial charge in [-0.05, 0) is 31.8 Å². The molecular formula is C15H26O6SSi. The van der Waals surface area contributed by atoms with Gasteiger partial charge in [-0.15, -0.1) is 0 Å². The number of ether oxygens (including phenoxy) is 2. The molecule has 1 aromatic rings. The highest BCUT2D eigenvalue weighted by molar-refractivity contribution is 7.86. The SMILES string of the molecule is C[Si](C)(C)OCCOCCOCCOS(=O)(=O)c1ccccc1. The number of hydrogen-bond acceptors (Lipinski definition) is 6. The quantitative estimate of drug-likeness (QED) is 0.323. The smallest absolute Gasteiger partial charge is 0.297 e. The van der Waals surface area contributed by atoms with Gasteiger partial charge in [0.05, 0.1) is 44.5 Å². The maximum Gasteiger partial charge on any atom is 0.297 e. The van der Waals surface area contributed by atoms with Crippen LogP contribution in [-0.2, 0) is 28.2 Å². The fourth-order valence-electron chi connectivity index (χ4n) is 1.59. The second kappa shape index (κ2) is 10.2. The van der Waals surface area contributed by atoms with Crippen LogP contribution in [0.1, 0.15) is 0 Å². The van der Waals surface area contributed by atoms with Crippen molar-refractivity contribution in [3.8, 4) is 0 Å². The summed E-state index contributed by atoms with van der Waals surface area (Å²) in [5.41, 5.74) is 0. The zero-order valence-electron chi connectivity index (χ0n) is 14.0. The molecule has 132 valence electrons. The molecule has 6 nitrogen and oxygen atoms in total. The van der Waals surface area contributed by atoms with Crippen LogP contribution in [0.15, 0.2) is 35.2 Å². The summed E-state index contributed by atoms with van der Waals surface area (Å²) in [6, 6.07) is 8.03. The zero-order valence-corrected chi connectivity index (χ0v) is 15.8. The normalized spacial score (nSPS) is 12.5. The highest BCUT2D eigenvalue weighted by Crippen LogP contribution is 2.10. The van der Waals surface area contributed by atoms with E-state index in [0.29, 0.717) is 26.4 Å². The zero-order chi connectivity index (χ0) is 17.2. The summed E-state index contributed by atoms with van der Waals surface area (Å²) in [6.45, 7) is 8.51. The second-order valence-corrected chi connectivity index (χ2v) is 11.9. The summed E-state index contributed by atoms with van der Waals surface area (Å²) in [5.74, 6) is 0. The molecule has 0 aromatic heterocycles. The molecule has 0 radical (unpaired) electrons. The lowest BCUT2D eigenvalue weighted by Crippen LogP contribution is -2.27. The molecule has 0 bridgehead atoms. The Kier molecular flexibility index (Phi) is 8.96. The lowest BCUT2D eigenvalue weighted by Gasteiger charge is -2.16. The van der Waals surface area contributed by atoms with Crippen LogP contribution in [-0.4, -0.2) is 56.4 Å². The van der Waals surface area contributed by atoms with Gasteiger partial charge in [0.1, 0.15) is 0 Å². The van der Waals surface area contributed by atoms with Gasteiger partial charge >= 0.3 is 0 Å². The molecule has 0 amide bonds. The average molecular weight is 363 g/mol. The molecule has 0 saturated carbocycles. The lowest BCUT2D eigenvalue weighted by molar-refractivity contribution is 0.0272. The van der Waals surface area contributed by atoms with Crippen LogP contribution in [0.3, 0.4) is 0 Å². The third-order valence-electron chi connectivity index (χ3n) is 2.63. The van der Waals surface area contributed by atoms with E-state index in [1.807, 2.05) is 0 Å². The van der Waals surface area contributed by atoms with Crippen LogP contribution < -0.4 is 0 Å². The average Bonchev–Trinajstić information content (AvgIpc) is 2.49. The van der Waals surface area contributed by atoms with E-state index in [2.05, 4.69) is 19.6 Å². The van der Waals surface area contributed by atoms with Crippen molar-refractivity contribution in [2.45, 2.75) is 24.5 Å². The van der Waals surface area contributed by atoms with Crippen molar-refractivity contribution in [2.24, 2.45) is 0 Å². The summed E-state index contributed by atoms with van der Waals surface area (Å²) in [4.78, 5) is 0.144. The van der Waals surface area contributed by atoms with Crippen molar-refractivity contribution in [2.75, 3.05) is 39.6 Å². The molecule has 0 N–H and O–H groups in total. The second-order valence-electron chi connectivity index (χ2n) is 5.77. The topological polar surface area (TPSA) is 71.1 Å². The fraction of sp³-hybridized carbons (Fsp3) is 0.600. The van der Waals surface area contributed by atoms with E-state index in [0.717, 1.165) is 0 Å². The van der Waals surface area contributed by atoms with Gasteiger partial charge in [-0.2, -0.15) is 8.42 Å². The molecule has 0 unspecified atom stereocenters. The van der Waals surface area contributed by atoms with E-state index in [-0.39, 0.29) is 18.1 Å². The first-order valence-electron chi connectivity index (χ1n) is 7.55. The van der Waals surface area contributed by atoms with E-state index < -0.39 is 18.4 Å². The molecule has 0 atom stereocenters. The first kappa shape index (κ1) is 20.3. The van der Waals surface area contributed by atoms with Gasteiger partial charge in [0.25, 0.3) is 10.1 Å². The van der Waals surface area contributed by atoms with Crippen molar-refractivity contribution in [1.29, 1.82) is 0 Å². The number of rotatable bonds is 12. The van der Waals surface area contributed by atoms with E-state index >= 15 is 0 Å². The summed E-state index contributed by atoms with van der Waals surface area (Å²) >= 11 is 0. The summed E-state index contributed by atoms with van der Waals surface area (Å²) in [5, 5.41) is 0. The molecule has 0 saturated heterocycles. The van der Waals surface area contributed by atoms with Crippen LogP contribution in [0.5, 0.6) is 0 Å². The molecule has 0 aliphatic rings. The summed E-state index contributed by atoms with van der Waals surface area (Å²) in [7, 11) is -5.18. The Labute approximate surface area is 140 Å². The van der Waals surface area contributed by atoms with Crippen molar-refractivity contribution < 1.29 is 26.5 Å². The molecule has 0 spiro atoms. The van der Waals surface area contributed by atoms with Gasteiger partial charge in [-0.3, -0.25) is 4.18 Å². The molecule has 0 heterocycles. The largest absolute Gasteiger partial charge is 0.415 e. The van der Waals surface area contributed by atoms with Crippen LogP contribution in [0, 0.1) is 0 Å².